The van der Waals surface area contributed by atoms with Crippen LogP contribution in [0.3, 0.4) is 0 Å². The summed E-state index contributed by atoms with van der Waals surface area (Å²) in [4.78, 5) is 6.89. The molecule has 2 rings (SSSR count). The quantitative estimate of drug-likeness (QED) is 0.591. The Hall–Kier alpha value is -2.39. The van der Waals surface area contributed by atoms with Gasteiger partial charge in [-0.25, -0.2) is 10.8 Å². The van der Waals surface area contributed by atoms with E-state index in [1.807, 2.05) is 5.43 Å². The summed E-state index contributed by atoms with van der Waals surface area (Å²) in [5.41, 5.74) is 1.31. The number of nitrogens with two attached hydrogens (primary N) is 1. The van der Waals surface area contributed by atoms with Crippen molar-refractivity contribution in [2.75, 3.05) is 5.43 Å². The van der Waals surface area contributed by atoms with Gasteiger partial charge in [0.1, 0.15) is 5.75 Å². The molecule has 0 spiro atoms. The Morgan fingerprint density at radius 2 is 2.00 bits per heavy atom. The predicted molar refractivity (Wildman–Crippen MR) is 67.3 cm³/mol. The molecule has 1 aromatic carbocycles. The number of alkyl halides is 3. The highest BCUT2D eigenvalue weighted by Crippen LogP contribution is 2.31. The maximum atomic E-state index is 12.7. The Bertz CT molecular complexity index is 634. The van der Waals surface area contributed by atoms with Gasteiger partial charge in [-0.15, -0.1) is 0 Å². The fourth-order valence-electron chi connectivity index (χ4n) is 1.52. The predicted octanol–water partition coefficient (Wildman–Crippen LogP) is 2.07. The van der Waals surface area contributed by atoms with Gasteiger partial charge in [-0.2, -0.15) is 18.2 Å². The molecule has 0 unspecified atom stereocenters. The zero-order chi connectivity index (χ0) is 15.5. The summed E-state index contributed by atoms with van der Waals surface area (Å²) in [5.74, 6) is 4.53. The summed E-state index contributed by atoms with van der Waals surface area (Å²) < 4.78 is 43.3. The number of nitrogens with zero attached hydrogens (tertiary/aromatic N) is 2. The minimum absolute atomic E-state index is 0.218. The first-order chi connectivity index (χ1) is 9.92. The number of halogens is 3. The number of hydrazine groups is 1. The lowest BCUT2D eigenvalue weighted by atomic mass is 10.2. The largest absolute Gasteiger partial charge is 0.439 e. The first kappa shape index (κ1) is 15.0. The molecule has 112 valence electrons. The van der Waals surface area contributed by atoms with E-state index in [0.29, 0.717) is 11.6 Å². The van der Waals surface area contributed by atoms with Crippen molar-refractivity contribution in [2.24, 2.45) is 5.84 Å². The number of nitrogen functional groups attached to an aromatic ring is 1. The fourth-order valence-corrected chi connectivity index (χ4v) is 1.52. The summed E-state index contributed by atoms with van der Waals surface area (Å²) >= 11 is 0. The SMILES string of the molecule is NNc1nc(Oc2cccc(CO)c2)cc(C(F)(F)F)n1. The lowest BCUT2D eigenvalue weighted by Crippen LogP contribution is -2.15. The van der Waals surface area contributed by atoms with Crippen molar-refractivity contribution < 1.29 is 23.0 Å². The molecule has 0 aliphatic heterocycles. The van der Waals surface area contributed by atoms with Crippen molar-refractivity contribution >= 4 is 5.95 Å². The molecular formula is C12H11F3N4O2. The van der Waals surface area contributed by atoms with Gasteiger partial charge in [0.05, 0.1) is 6.61 Å². The first-order valence-electron chi connectivity index (χ1n) is 5.73. The lowest BCUT2D eigenvalue weighted by Gasteiger charge is -2.11. The van der Waals surface area contributed by atoms with E-state index < -0.39 is 17.8 Å². The molecular weight excluding hydrogens is 289 g/mol. The van der Waals surface area contributed by atoms with Gasteiger partial charge in [0, 0.05) is 6.07 Å². The van der Waals surface area contributed by atoms with E-state index in [-0.39, 0.29) is 18.2 Å². The fraction of sp³-hybridized carbons (Fsp3) is 0.167. The highest BCUT2D eigenvalue weighted by atomic mass is 19.4. The van der Waals surface area contributed by atoms with Crippen LogP contribution in [0.25, 0.3) is 0 Å². The number of aliphatic hydroxyl groups is 1. The summed E-state index contributed by atoms with van der Waals surface area (Å²) in [6.45, 7) is -0.218. The van der Waals surface area contributed by atoms with E-state index in [1.54, 1.807) is 12.1 Å². The molecule has 0 aliphatic rings. The Labute approximate surface area is 117 Å². The van der Waals surface area contributed by atoms with Crippen LogP contribution in [0.15, 0.2) is 30.3 Å². The van der Waals surface area contributed by atoms with Crippen LogP contribution in [0.1, 0.15) is 11.3 Å². The smallest absolute Gasteiger partial charge is 0.433 e. The van der Waals surface area contributed by atoms with Crippen LogP contribution in [-0.4, -0.2) is 15.1 Å². The minimum atomic E-state index is -4.65. The van der Waals surface area contributed by atoms with Crippen molar-refractivity contribution in [1.82, 2.24) is 9.97 Å². The van der Waals surface area contributed by atoms with Crippen molar-refractivity contribution in [1.29, 1.82) is 0 Å². The zero-order valence-electron chi connectivity index (χ0n) is 10.6. The van der Waals surface area contributed by atoms with Gasteiger partial charge in [0.25, 0.3) is 0 Å². The summed E-state index contributed by atoms with van der Waals surface area (Å²) in [6, 6.07) is 6.89. The normalized spacial score (nSPS) is 11.3. The van der Waals surface area contributed by atoms with Crippen LogP contribution in [0.2, 0.25) is 0 Å². The average molecular weight is 300 g/mol. The van der Waals surface area contributed by atoms with Crippen molar-refractivity contribution in [3.05, 3.63) is 41.6 Å². The molecule has 1 heterocycles. The van der Waals surface area contributed by atoms with E-state index in [1.165, 1.54) is 12.1 Å². The van der Waals surface area contributed by atoms with Gasteiger partial charge in [0.15, 0.2) is 5.69 Å². The maximum Gasteiger partial charge on any atom is 0.433 e. The number of hydrogen-bond acceptors (Lipinski definition) is 6. The summed E-state index contributed by atoms with van der Waals surface area (Å²) in [5, 5.41) is 9.00. The molecule has 6 nitrogen and oxygen atoms in total. The Morgan fingerprint density at radius 3 is 2.62 bits per heavy atom. The molecule has 0 bridgehead atoms. The molecule has 9 heteroatoms. The molecule has 0 atom stereocenters. The highest BCUT2D eigenvalue weighted by molar-refractivity contribution is 5.35. The molecule has 0 saturated heterocycles. The number of benzene rings is 1. The van der Waals surface area contributed by atoms with Gasteiger partial charge in [-0.3, -0.25) is 5.43 Å². The molecule has 21 heavy (non-hydrogen) atoms. The topological polar surface area (TPSA) is 93.3 Å². The molecule has 0 saturated carbocycles. The Balaban J connectivity index is 2.34. The van der Waals surface area contributed by atoms with Crippen LogP contribution < -0.4 is 16.0 Å². The Kier molecular flexibility index (Phi) is 4.24. The van der Waals surface area contributed by atoms with Crippen molar-refractivity contribution in [3.8, 4) is 11.6 Å². The van der Waals surface area contributed by atoms with E-state index in [2.05, 4.69) is 9.97 Å². The van der Waals surface area contributed by atoms with Gasteiger partial charge < -0.3 is 9.84 Å². The van der Waals surface area contributed by atoms with Crippen molar-refractivity contribution in [2.45, 2.75) is 12.8 Å². The van der Waals surface area contributed by atoms with Gasteiger partial charge in [0.2, 0.25) is 11.8 Å². The van der Waals surface area contributed by atoms with E-state index in [9.17, 15) is 13.2 Å². The van der Waals surface area contributed by atoms with E-state index in [4.69, 9.17) is 15.7 Å². The standard InChI is InChI=1S/C12H11F3N4O2/c13-12(14,15)9-5-10(18-11(17-9)19-16)21-8-3-1-2-7(4-8)6-20/h1-5,20H,6,16H2,(H,17,18,19). The number of ether oxygens (including phenoxy) is 1. The number of anilines is 1. The zero-order valence-corrected chi connectivity index (χ0v) is 10.6. The number of rotatable bonds is 4. The lowest BCUT2D eigenvalue weighted by molar-refractivity contribution is -0.141. The molecule has 1 aromatic heterocycles. The second-order valence-corrected chi connectivity index (χ2v) is 3.96. The Morgan fingerprint density at radius 1 is 1.24 bits per heavy atom. The summed E-state index contributed by atoms with van der Waals surface area (Å²) in [7, 11) is 0. The van der Waals surface area contributed by atoms with Crippen LogP contribution in [0.5, 0.6) is 11.6 Å². The second kappa shape index (κ2) is 5.94. The van der Waals surface area contributed by atoms with Crippen LogP contribution >= 0.6 is 0 Å². The third kappa shape index (κ3) is 3.80. The van der Waals surface area contributed by atoms with Crippen LogP contribution in [0, 0.1) is 0 Å². The third-order valence-corrected chi connectivity index (χ3v) is 2.43. The molecule has 0 radical (unpaired) electrons. The summed E-state index contributed by atoms with van der Waals surface area (Å²) in [6.07, 6.45) is -4.65. The highest BCUT2D eigenvalue weighted by Gasteiger charge is 2.34. The molecule has 0 amide bonds. The van der Waals surface area contributed by atoms with E-state index >= 15 is 0 Å². The monoisotopic (exact) mass is 300 g/mol. The molecule has 2 aromatic rings. The average Bonchev–Trinajstić information content (AvgIpc) is 2.46. The minimum Gasteiger partial charge on any atom is -0.439 e. The van der Waals surface area contributed by atoms with Crippen LogP contribution in [-0.2, 0) is 12.8 Å². The number of aliphatic hydroxyl groups excluding tert-OH is 1. The van der Waals surface area contributed by atoms with Crippen molar-refractivity contribution in [3.63, 3.8) is 0 Å². The van der Waals surface area contributed by atoms with Gasteiger partial charge in [-0.05, 0) is 17.7 Å². The van der Waals surface area contributed by atoms with Gasteiger partial charge in [-0.1, -0.05) is 12.1 Å². The molecule has 0 fully saturated rings. The van der Waals surface area contributed by atoms with E-state index in [0.717, 1.165) is 0 Å². The third-order valence-electron chi connectivity index (χ3n) is 2.43. The number of hydrogen-bond donors (Lipinski definition) is 3. The number of aromatic nitrogens is 2. The molecule has 0 aliphatic carbocycles. The first-order valence-corrected chi connectivity index (χ1v) is 5.73. The second-order valence-electron chi connectivity index (χ2n) is 3.96. The molecule has 4 N–H and O–H groups in total. The maximum absolute atomic E-state index is 12.7. The van der Waals surface area contributed by atoms with Gasteiger partial charge >= 0.3 is 6.18 Å². The van der Waals surface area contributed by atoms with Crippen LogP contribution in [0.4, 0.5) is 19.1 Å². The number of nitrogens with one attached hydrogen (secondary N) is 1.